The van der Waals surface area contributed by atoms with Crippen LogP contribution < -0.4 is 0 Å². The van der Waals surface area contributed by atoms with Crippen molar-refractivity contribution in [3.05, 3.63) is 20.8 Å². The average Bonchev–Trinajstić information content (AvgIpc) is 2.95. The summed E-state index contributed by atoms with van der Waals surface area (Å²) in [5, 5.41) is 10.8. The summed E-state index contributed by atoms with van der Waals surface area (Å²) in [5.74, 6) is -1.13. The van der Waals surface area contributed by atoms with E-state index < -0.39 is 5.97 Å². The zero-order chi connectivity index (χ0) is 13.1. The highest BCUT2D eigenvalue weighted by atomic mass is 79.9. The van der Waals surface area contributed by atoms with Gasteiger partial charge in [-0.15, -0.1) is 11.3 Å². The van der Waals surface area contributed by atoms with E-state index in [1.54, 1.807) is 0 Å². The monoisotopic (exact) mass is 331 g/mol. The third kappa shape index (κ3) is 2.92. The fourth-order valence-corrected chi connectivity index (χ4v) is 3.80. The number of aliphatic carboxylic acids is 1. The van der Waals surface area contributed by atoms with Crippen molar-refractivity contribution in [2.24, 2.45) is 0 Å². The summed E-state index contributed by atoms with van der Waals surface area (Å²) in [6.07, 6.45) is 3.95. The summed E-state index contributed by atoms with van der Waals surface area (Å²) < 4.78 is 0.742. The molecule has 6 heteroatoms. The van der Waals surface area contributed by atoms with Crippen LogP contribution in [0.1, 0.15) is 35.4 Å². The Morgan fingerprint density at radius 1 is 1.44 bits per heavy atom. The van der Waals surface area contributed by atoms with E-state index >= 15 is 0 Å². The molecule has 1 saturated carbocycles. The Hall–Kier alpha value is -0.880. The molecule has 1 aromatic rings. The van der Waals surface area contributed by atoms with Crippen molar-refractivity contribution in [2.75, 3.05) is 6.54 Å². The Kier molecular flexibility index (Phi) is 4.40. The van der Waals surface area contributed by atoms with E-state index in [1.165, 1.54) is 16.2 Å². The van der Waals surface area contributed by atoms with Crippen LogP contribution in [-0.2, 0) is 4.79 Å². The fraction of sp³-hybridized carbons (Fsp3) is 0.500. The Balaban J connectivity index is 2.20. The predicted molar refractivity (Wildman–Crippen MR) is 72.9 cm³/mol. The van der Waals surface area contributed by atoms with E-state index in [4.69, 9.17) is 5.11 Å². The molecule has 0 unspecified atom stereocenters. The molecule has 98 valence electrons. The third-order valence-corrected chi connectivity index (χ3v) is 4.97. The summed E-state index contributed by atoms with van der Waals surface area (Å²) in [6, 6.07) is 1.88. The minimum atomic E-state index is -0.956. The molecule has 0 aliphatic heterocycles. The zero-order valence-corrected chi connectivity index (χ0v) is 12.2. The molecule has 1 N–H and O–H groups in total. The Morgan fingerprint density at radius 2 is 2.11 bits per heavy atom. The predicted octanol–water partition coefficient (Wildman–Crippen LogP) is 2.98. The second-order valence-electron chi connectivity index (χ2n) is 4.36. The molecule has 1 heterocycles. The molecule has 1 amide bonds. The summed E-state index contributed by atoms with van der Waals surface area (Å²) in [4.78, 5) is 25.4. The van der Waals surface area contributed by atoms with Gasteiger partial charge in [-0.25, -0.2) is 0 Å². The van der Waals surface area contributed by atoms with Crippen LogP contribution in [0.25, 0.3) is 0 Å². The highest BCUT2D eigenvalue weighted by Crippen LogP contribution is 2.29. The topological polar surface area (TPSA) is 57.6 Å². The lowest BCUT2D eigenvalue weighted by molar-refractivity contribution is -0.138. The van der Waals surface area contributed by atoms with Gasteiger partial charge in [0.2, 0.25) is 0 Å². The quantitative estimate of drug-likeness (QED) is 0.922. The molecular formula is C12H14BrNO3S. The first-order valence-electron chi connectivity index (χ1n) is 5.85. The maximum atomic E-state index is 12.4. The number of rotatable bonds is 4. The molecule has 1 aromatic heterocycles. The molecule has 18 heavy (non-hydrogen) atoms. The van der Waals surface area contributed by atoms with Gasteiger partial charge >= 0.3 is 5.97 Å². The molecule has 1 fully saturated rings. The van der Waals surface area contributed by atoms with E-state index in [1.807, 2.05) is 11.4 Å². The molecule has 1 aliphatic carbocycles. The summed E-state index contributed by atoms with van der Waals surface area (Å²) in [7, 11) is 0. The molecule has 1 aliphatic rings. The van der Waals surface area contributed by atoms with Gasteiger partial charge in [-0.3, -0.25) is 9.59 Å². The van der Waals surface area contributed by atoms with E-state index in [9.17, 15) is 9.59 Å². The van der Waals surface area contributed by atoms with Gasteiger partial charge in [0.05, 0.1) is 0 Å². The lowest BCUT2D eigenvalue weighted by atomic mass is 10.2. The number of hydrogen-bond donors (Lipinski definition) is 1. The third-order valence-electron chi connectivity index (χ3n) is 3.14. The van der Waals surface area contributed by atoms with Crippen molar-refractivity contribution in [1.29, 1.82) is 0 Å². The van der Waals surface area contributed by atoms with Crippen LogP contribution in [0.5, 0.6) is 0 Å². The minimum absolute atomic E-state index is 0.0719. The number of amides is 1. The maximum absolute atomic E-state index is 12.4. The smallest absolute Gasteiger partial charge is 0.323 e. The fourth-order valence-electron chi connectivity index (χ4n) is 2.31. The number of carbonyl (C=O) groups excluding carboxylic acids is 1. The van der Waals surface area contributed by atoms with Gasteiger partial charge in [0.25, 0.3) is 5.91 Å². The molecule has 0 atom stereocenters. The van der Waals surface area contributed by atoms with Crippen molar-refractivity contribution in [2.45, 2.75) is 31.7 Å². The van der Waals surface area contributed by atoms with Crippen molar-refractivity contribution >= 4 is 39.1 Å². The highest BCUT2D eigenvalue weighted by molar-refractivity contribution is 9.10. The van der Waals surface area contributed by atoms with Gasteiger partial charge in [-0.05, 0) is 40.2 Å². The molecule has 0 aromatic carbocycles. The second-order valence-corrected chi connectivity index (χ2v) is 6.13. The van der Waals surface area contributed by atoms with Crippen molar-refractivity contribution in [3.8, 4) is 0 Å². The highest BCUT2D eigenvalue weighted by Gasteiger charge is 2.30. The first-order valence-corrected chi connectivity index (χ1v) is 7.52. The Bertz CT molecular complexity index is 454. The second kappa shape index (κ2) is 5.84. The van der Waals surface area contributed by atoms with Crippen LogP contribution in [0.2, 0.25) is 0 Å². The van der Waals surface area contributed by atoms with Gasteiger partial charge in [0.1, 0.15) is 11.4 Å². The number of hydrogen-bond acceptors (Lipinski definition) is 3. The van der Waals surface area contributed by atoms with E-state index in [-0.39, 0.29) is 18.5 Å². The molecule has 4 nitrogen and oxygen atoms in total. The number of carboxylic acid groups (broad SMARTS) is 1. The van der Waals surface area contributed by atoms with Crippen molar-refractivity contribution in [1.82, 2.24) is 4.90 Å². The van der Waals surface area contributed by atoms with Gasteiger partial charge in [0, 0.05) is 10.5 Å². The van der Waals surface area contributed by atoms with Gasteiger partial charge in [-0.1, -0.05) is 12.8 Å². The normalized spacial score (nSPS) is 15.8. The molecule has 2 rings (SSSR count). The largest absolute Gasteiger partial charge is 0.480 e. The lowest BCUT2D eigenvalue weighted by Crippen LogP contribution is -2.42. The van der Waals surface area contributed by atoms with Crippen LogP contribution >= 0.6 is 27.3 Å². The van der Waals surface area contributed by atoms with Gasteiger partial charge in [0.15, 0.2) is 0 Å². The van der Waals surface area contributed by atoms with Gasteiger partial charge in [-0.2, -0.15) is 0 Å². The van der Waals surface area contributed by atoms with Crippen molar-refractivity contribution in [3.63, 3.8) is 0 Å². The number of nitrogens with zero attached hydrogens (tertiary/aromatic N) is 1. The molecule has 0 saturated heterocycles. The Labute approximate surface area is 118 Å². The first kappa shape index (κ1) is 13.5. The summed E-state index contributed by atoms with van der Waals surface area (Å²) in [5.41, 5.74) is 0. The van der Waals surface area contributed by atoms with Crippen LogP contribution in [-0.4, -0.2) is 34.5 Å². The van der Waals surface area contributed by atoms with Gasteiger partial charge < -0.3 is 10.0 Å². The van der Waals surface area contributed by atoms with Crippen LogP contribution in [0, 0.1) is 0 Å². The van der Waals surface area contributed by atoms with E-state index in [0.717, 1.165) is 30.2 Å². The summed E-state index contributed by atoms with van der Waals surface area (Å²) in [6.45, 7) is -0.214. The zero-order valence-electron chi connectivity index (χ0n) is 9.76. The molecule has 0 bridgehead atoms. The standard InChI is InChI=1S/C12H14BrNO3S/c13-9-5-6-18-11(9)12(17)14(7-10(15)16)8-3-1-2-4-8/h5-6,8H,1-4,7H2,(H,15,16). The average molecular weight is 332 g/mol. The summed E-state index contributed by atoms with van der Waals surface area (Å²) >= 11 is 4.67. The number of carboxylic acids is 1. The molecule has 0 spiro atoms. The van der Waals surface area contributed by atoms with Crippen LogP contribution in [0.3, 0.4) is 0 Å². The van der Waals surface area contributed by atoms with Crippen LogP contribution in [0.15, 0.2) is 15.9 Å². The number of thiophene rings is 1. The number of halogens is 1. The van der Waals surface area contributed by atoms with E-state index in [0.29, 0.717) is 4.88 Å². The van der Waals surface area contributed by atoms with Crippen molar-refractivity contribution < 1.29 is 14.7 Å². The van der Waals surface area contributed by atoms with Crippen LogP contribution in [0.4, 0.5) is 0 Å². The number of carbonyl (C=O) groups is 2. The lowest BCUT2D eigenvalue weighted by Gasteiger charge is -2.27. The Morgan fingerprint density at radius 3 is 2.61 bits per heavy atom. The first-order chi connectivity index (χ1) is 8.59. The maximum Gasteiger partial charge on any atom is 0.323 e. The SMILES string of the molecule is O=C(O)CN(C(=O)c1sccc1Br)C1CCCC1. The molecular weight excluding hydrogens is 318 g/mol. The molecule has 0 radical (unpaired) electrons. The minimum Gasteiger partial charge on any atom is -0.480 e. The van der Waals surface area contributed by atoms with E-state index in [2.05, 4.69) is 15.9 Å².